The van der Waals surface area contributed by atoms with Crippen LogP contribution < -0.4 is 10.6 Å². The van der Waals surface area contributed by atoms with E-state index in [2.05, 4.69) is 43.6 Å². The molecule has 0 aliphatic carbocycles. The lowest BCUT2D eigenvalue weighted by atomic mass is 9.96. The van der Waals surface area contributed by atoms with Crippen LogP contribution in [0.25, 0.3) is 0 Å². The highest BCUT2D eigenvalue weighted by Gasteiger charge is 2.26. The molecule has 0 radical (unpaired) electrons. The molecule has 2 N–H and O–H groups in total. The molecule has 5 nitrogen and oxygen atoms in total. The van der Waals surface area contributed by atoms with Crippen molar-refractivity contribution in [3.8, 4) is 0 Å². The van der Waals surface area contributed by atoms with Crippen molar-refractivity contribution in [2.45, 2.75) is 25.8 Å². The van der Waals surface area contributed by atoms with E-state index in [9.17, 15) is 9.59 Å². The zero-order valence-electron chi connectivity index (χ0n) is 19.2. The van der Waals surface area contributed by atoms with Gasteiger partial charge in [-0.2, -0.15) is 0 Å². The zero-order chi connectivity index (χ0) is 23.8. The maximum absolute atomic E-state index is 13.1. The molecule has 1 aliphatic heterocycles. The number of halogens is 1. The molecule has 1 aliphatic rings. The number of rotatable bonds is 8. The third kappa shape index (κ3) is 6.78. The van der Waals surface area contributed by atoms with Crippen LogP contribution in [0, 0.1) is 5.92 Å². The van der Waals surface area contributed by atoms with Gasteiger partial charge < -0.3 is 10.6 Å². The Hall–Kier alpha value is -2.96. The summed E-state index contributed by atoms with van der Waals surface area (Å²) in [4.78, 5) is 28.3. The Morgan fingerprint density at radius 3 is 2.53 bits per heavy atom. The highest BCUT2D eigenvalue weighted by Crippen LogP contribution is 2.23. The Balaban J connectivity index is 1.34. The molecule has 2 amide bonds. The van der Waals surface area contributed by atoms with E-state index < -0.39 is 0 Å². The summed E-state index contributed by atoms with van der Waals surface area (Å²) < 4.78 is 1.06. The van der Waals surface area contributed by atoms with Gasteiger partial charge in [0.15, 0.2) is 0 Å². The van der Waals surface area contributed by atoms with E-state index in [1.54, 1.807) is 12.1 Å². The fraction of sp³-hybridized carbons (Fsp3) is 0.286. The largest absolute Gasteiger partial charge is 0.352 e. The van der Waals surface area contributed by atoms with Crippen LogP contribution in [-0.2, 0) is 17.8 Å². The Bertz CT molecular complexity index is 1120. The Morgan fingerprint density at radius 1 is 0.941 bits per heavy atom. The van der Waals surface area contributed by atoms with Crippen LogP contribution in [0.3, 0.4) is 0 Å². The van der Waals surface area contributed by atoms with Crippen molar-refractivity contribution in [2.75, 3.05) is 25.0 Å². The first-order valence-corrected chi connectivity index (χ1v) is 12.6. The molecule has 6 heteroatoms. The van der Waals surface area contributed by atoms with Gasteiger partial charge in [-0.25, -0.2) is 0 Å². The monoisotopic (exact) mass is 519 g/mol. The van der Waals surface area contributed by atoms with E-state index in [4.69, 9.17) is 0 Å². The van der Waals surface area contributed by atoms with Crippen molar-refractivity contribution >= 4 is 33.4 Å². The summed E-state index contributed by atoms with van der Waals surface area (Å²) in [5.41, 5.74) is 3.46. The second kappa shape index (κ2) is 12.0. The summed E-state index contributed by atoms with van der Waals surface area (Å²) in [5, 5.41) is 6.01. The third-order valence-corrected chi connectivity index (χ3v) is 6.64. The molecule has 4 rings (SSSR count). The van der Waals surface area contributed by atoms with Crippen LogP contribution in [-0.4, -0.2) is 36.3 Å². The first-order valence-electron chi connectivity index (χ1n) is 11.8. The Morgan fingerprint density at radius 2 is 1.71 bits per heavy atom. The molecule has 0 saturated carbocycles. The van der Waals surface area contributed by atoms with Gasteiger partial charge in [0.2, 0.25) is 5.91 Å². The molecule has 0 spiro atoms. The maximum Gasteiger partial charge on any atom is 0.253 e. The smallest absolute Gasteiger partial charge is 0.253 e. The summed E-state index contributed by atoms with van der Waals surface area (Å²) in [5.74, 6) is -0.301. The predicted octanol–water partition coefficient (Wildman–Crippen LogP) is 5.27. The quantitative estimate of drug-likeness (QED) is 0.426. The van der Waals surface area contributed by atoms with Crippen LogP contribution in [0.2, 0.25) is 0 Å². The van der Waals surface area contributed by atoms with E-state index in [1.165, 1.54) is 11.1 Å². The molecule has 0 aromatic heterocycles. The van der Waals surface area contributed by atoms with Gasteiger partial charge in [0.25, 0.3) is 5.91 Å². The molecule has 1 heterocycles. The molecular weight excluding hydrogens is 490 g/mol. The number of hydrogen-bond donors (Lipinski definition) is 2. The van der Waals surface area contributed by atoms with Crippen LogP contribution in [0.4, 0.5) is 5.69 Å². The molecular formula is C28H30BrN3O2. The number of carbonyl (C=O) groups is 2. The van der Waals surface area contributed by atoms with Gasteiger partial charge in [-0.05, 0) is 61.2 Å². The fourth-order valence-corrected chi connectivity index (χ4v) is 4.84. The number of benzene rings is 3. The minimum Gasteiger partial charge on any atom is -0.352 e. The lowest BCUT2D eigenvalue weighted by Crippen LogP contribution is -2.40. The minimum absolute atomic E-state index is 0.0246. The molecule has 34 heavy (non-hydrogen) atoms. The highest BCUT2D eigenvalue weighted by atomic mass is 79.9. The zero-order valence-corrected chi connectivity index (χ0v) is 20.8. The van der Waals surface area contributed by atoms with Crippen molar-refractivity contribution in [1.82, 2.24) is 10.2 Å². The number of amides is 2. The predicted molar refractivity (Wildman–Crippen MR) is 140 cm³/mol. The normalized spacial score (nSPS) is 16.1. The van der Waals surface area contributed by atoms with Gasteiger partial charge in [0, 0.05) is 24.1 Å². The first kappa shape index (κ1) is 24.2. The number of nitrogens with one attached hydrogen (secondary N) is 2. The Labute approximate surface area is 209 Å². The van der Waals surface area contributed by atoms with Crippen molar-refractivity contribution in [3.05, 3.63) is 100 Å². The number of carbonyl (C=O) groups excluding carboxylic acids is 2. The molecule has 1 fully saturated rings. The second-order valence-electron chi connectivity index (χ2n) is 8.73. The molecule has 1 atom stereocenters. The van der Waals surface area contributed by atoms with Crippen LogP contribution in [0.5, 0.6) is 0 Å². The number of nitrogens with zero attached hydrogens (tertiary/aromatic N) is 1. The highest BCUT2D eigenvalue weighted by molar-refractivity contribution is 9.10. The lowest BCUT2D eigenvalue weighted by molar-refractivity contribution is -0.121. The average Bonchev–Trinajstić information content (AvgIpc) is 2.85. The van der Waals surface area contributed by atoms with E-state index in [-0.39, 0.29) is 17.7 Å². The molecule has 3 aromatic rings. The SMILES string of the molecule is O=C(NCCc1ccccc1)c1ccccc1NC(=O)C1CCCN(Cc2cccc(Br)c2)C1. The number of piperidine rings is 1. The van der Waals surface area contributed by atoms with Crippen molar-refractivity contribution in [2.24, 2.45) is 5.92 Å². The van der Waals surface area contributed by atoms with Gasteiger partial charge in [-0.15, -0.1) is 0 Å². The van der Waals surface area contributed by atoms with Crippen molar-refractivity contribution in [1.29, 1.82) is 0 Å². The Kier molecular flexibility index (Phi) is 8.50. The summed E-state index contributed by atoms with van der Waals surface area (Å²) in [7, 11) is 0. The van der Waals surface area contributed by atoms with E-state index in [0.29, 0.717) is 24.3 Å². The standard InChI is InChI=1S/C28H30BrN3O2/c29-24-12-6-10-22(18-24)19-32-17-7-11-23(20-32)27(33)31-26-14-5-4-13-25(26)28(34)30-16-15-21-8-2-1-3-9-21/h1-6,8-10,12-14,18,23H,7,11,15-17,19-20H2,(H,30,34)(H,31,33). The molecule has 1 saturated heterocycles. The van der Waals surface area contributed by atoms with Gasteiger partial charge in [0.05, 0.1) is 17.2 Å². The van der Waals surface area contributed by atoms with Gasteiger partial charge in [-0.1, -0.05) is 70.5 Å². The lowest BCUT2D eigenvalue weighted by Gasteiger charge is -2.32. The summed E-state index contributed by atoms with van der Waals surface area (Å²) in [6.07, 6.45) is 2.59. The van der Waals surface area contributed by atoms with Crippen molar-refractivity contribution < 1.29 is 9.59 Å². The van der Waals surface area contributed by atoms with E-state index >= 15 is 0 Å². The van der Waals surface area contributed by atoms with Gasteiger partial charge in [-0.3, -0.25) is 14.5 Å². The number of likely N-dealkylation sites (tertiary alicyclic amines) is 1. The number of para-hydroxylation sites is 1. The second-order valence-corrected chi connectivity index (χ2v) is 9.65. The molecule has 1 unspecified atom stereocenters. The van der Waals surface area contributed by atoms with E-state index in [0.717, 1.165) is 36.8 Å². The van der Waals surface area contributed by atoms with E-state index in [1.807, 2.05) is 54.6 Å². The summed E-state index contributed by atoms with van der Waals surface area (Å²) in [6, 6.07) is 25.6. The van der Waals surface area contributed by atoms with Crippen LogP contribution in [0.1, 0.15) is 34.3 Å². The van der Waals surface area contributed by atoms with Gasteiger partial charge >= 0.3 is 0 Å². The van der Waals surface area contributed by atoms with Crippen LogP contribution in [0.15, 0.2) is 83.3 Å². The van der Waals surface area contributed by atoms with Crippen LogP contribution >= 0.6 is 15.9 Å². The maximum atomic E-state index is 13.1. The summed E-state index contributed by atoms with van der Waals surface area (Å²) in [6.45, 7) is 3.06. The fourth-order valence-electron chi connectivity index (χ4n) is 4.39. The molecule has 0 bridgehead atoms. The third-order valence-electron chi connectivity index (χ3n) is 6.14. The molecule has 176 valence electrons. The topological polar surface area (TPSA) is 61.4 Å². The first-order chi connectivity index (χ1) is 16.6. The molecule has 3 aromatic carbocycles. The van der Waals surface area contributed by atoms with Crippen molar-refractivity contribution in [3.63, 3.8) is 0 Å². The van der Waals surface area contributed by atoms with Gasteiger partial charge in [0.1, 0.15) is 0 Å². The number of hydrogen-bond acceptors (Lipinski definition) is 3. The minimum atomic E-state index is -0.174. The average molecular weight is 520 g/mol. The summed E-state index contributed by atoms with van der Waals surface area (Å²) >= 11 is 3.53. The number of anilines is 1.